The zero-order valence-electron chi connectivity index (χ0n) is 26.2. The van der Waals surface area contributed by atoms with Crippen molar-refractivity contribution in [3.8, 4) is 11.8 Å². The van der Waals surface area contributed by atoms with Crippen LogP contribution in [0, 0.1) is 11.8 Å². The normalized spacial score (nSPS) is 11.7. The summed E-state index contributed by atoms with van der Waals surface area (Å²) < 4.78 is 11.2. The van der Waals surface area contributed by atoms with Crippen LogP contribution >= 0.6 is 11.8 Å². The van der Waals surface area contributed by atoms with Crippen LogP contribution in [0.5, 0.6) is 0 Å². The van der Waals surface area contributed by atoms with Gasteiger partial charge in [-0.3, -0.25) is 14.4 Å². The molecule has 1 heterocycles. The topological polar surface area (TPSA) is 187 Å². The van der Waals surface area contributed by atoms with E-state index in [0.29, 0.717) is 56.2 Å². The number of unbranched alkanes of at least 4 members (excludes halogenated alkanes) is 1. The third-order valence-corrected chi connectivity index (χ3v) is 6.25. The van der Waals surface area contributed by atoms with Crippen molar-refractivity contribution in [2.75, 3.05) is 45.7 Å². The number of hydrazine groups is 1. The van der Waals surface area contributed by atoms with Crippen LogP contribution in [0.15, 0.2) is 29.4 Å². The van der Waals surface area contributed by atoms with Crippen molar-refractivity contribution in [2.24, 2.45) is 11.6 Å². The molecule has 0 spiro atoms. The van der Waals surface area contributed by atoms with Crippen LogP contribution in [-0.2, 0) is 23.9 Å². The van der Waals surface area contributed by atoms with E-state index in [4.69, 9.17) is 21.1 Å². The standard InChI is InChI=1S/C29H48N8O5S/c1-7-32-25(39)19-41-20-26(40)36-28(2,3)13-14-42-29(4,5)21-37(31)18-23(30)17-33-24(38)12-10-8-9-11-22-15-34-27(43-6)35-16-22/h15-16,18H,7-8,10,12-14,17,19-21,30-31H2,1-6H3,(H,32,39)(H,33,38)(H,36,40)/b23-18-. The molecule has 7 N–H and O–H groups in total. The molecule has 0 fully saturated rings. The van der Waals surface area contributed by atoms with Crippen molar-refractivity contribution >= 4 is 29.5 Å². The molecule has 240 valence electrons. The smallest absolute Gasteiger partial charge is 0.246 e. The maximum atomic E-state index is 12.2. The van der Waals surface area contributed by atoms with Crippen molar-refractivity contribution in [1.29, 1.82) is 0 Å². The molecule has 43 heavy (non-hydrogen) atoms. The number of nitrogens with two attached hydrogens (primary N) is 2. The molecule has 0 bridgehead atoms. The van der Waals surface area contributed by atoms with Crippen LogP contribution in [-0.4, -0.2) is 89.5 Å². The van der Waals surface area contributed by atoms with Crippen molar-refractivity contribution in [3.05, 3.63) is 29.9 Å². The Hall–Kier alpha value is -3.38. The number of rotatable bonds is 19. The molecule has 0 aliphatic carbocycles. The number of hydrogen-bond donors (Lipinski definition) is 5. The van der Waals surface area contributed by atoms with Crippen LogP contribution in [0.25, 0.3) is 0 Å². The predicted octanol–water partition coefficient (Wildman–Crippen LogP) is 1.05. The Bertz CT molecular complexity index is 1120. The highest BCUT2D eigenvalue weighted by molar-refractivity contribution is 7.98. The number of nitrogens with zero attached hydrogens (tertiary/aromatic N) is 3. The third-order valence-electron chi connectivity index (χ3n) is 5.67. The number of carbonyl (C=O) groups is 3. The van der Waals surface area contributed by atoms with Gasteiger partial charge in [0.25, 0.3) is 0 Å². The minimum absolute atomic E-state index is 0.124. The van der Waals surface area contributed by atoms with Crippen molar-refractivity contribution in [2.45, 2.75) is 76.6 Å². The summed E-state index contributed by atoms with van der Waals surface area (Å²) in [4.78, 5) is 44.1. The molecule has 0 aromatic carbocycles. The van der Waals surface area contributed by atoms with E-state index in [2.05, 4.69) is 37.8 Å². The molecule has 0 saturated heterocycles. The van der Waals surface area contributed by atoms with Crippen LogP contribution in [0.2, 0.25) is 0 Å². The van der Waals surface area contributed by atoms with Gasteiger partial charge in [-0.2, -0.15) is 0 Å². The van der Waals surface area contributed by atoms with Crippen molar-refractivity contribution in [1.82, 2.24) is 30.9 Å². The van der Waals surface area contributed by atoms with Gasteiger partial charge in [0.2, 0.25) is 17.7 Å². The maximum absolute atomic E-state index is 12.2. The molecule has 0 radical (unpaired) electrons. The number of likely N-dealkylation sites (N-methyl/N-ethyl adjacent to an activating group) is 1. The number of thioether (sulfide) groups is 1. The first-order valence-corrected chi connectivity index (χ1v) is 15.4. The van der Waals surface area contributed by atoms with Gasteiger partial charge >= 0.3 is 0 Å². The van der Waals surface area contributed by atoms with Gasteiger partial charge in [-0.15, -0.1) is 0 Å². The molecule has 0 aliphatic heterocycles. The summed E-state index contributed by atoms with van der Waals surface area (Å²) in [5, 5.41) is 10.4. The molecule has 0 unspecified atom stereocenters. The number of amides is 3. The first-order valence-electron chi connectivity index (χ1n) is 14.1. The fourth-order valence-electron chi connectivity index (χ4n) is 3.61. The van der Waals surface area contributed by atoms with Crippen LogP contribution in [0.3, 0.4) is 0 Å². The molecule has 0 aliphatic rings. The SMILES string of the molecule is CCNC(=O)COCC(=O)NC(C)(C)CCOC(C)(C)CN(N)/C=C(\N)CNC(=O)CCCC#Cc1cnc(SC)nc1. The average Bonchev–Trinajstić information content (AvgIpc) is 2.91. The van der Waals surface area contributed by atoms with Gasteiger partial charge in [0.05, 0.1) is 24.3 Å². The molecule has 0 saturated carbocycles. The summed E-state index contributed by atoms with van der Waals surface area (Å²) in [7, 11) is 0. The van der Waals surface area contributed by atoms with E-state index in [1.54, 1.807) is 18.6 Å². The van der Waals surface area contributed by atoms with E-state index >= 15 is 0 Å². The minimum atomic E-state index is -0.616. The first-order chi connectivity index (χ1) is 20.2. The second kappa shape index (κ2) is 19.7. The lowest BCUT2D eigenvalue weighted by molar-refractivity contribution is -0.132. The monoisotopic (exact) mass is 620 g/mol. The molecule has 0 atom stereocenters. The van der Waals surface area contributed by atoms with Gasteiger partial charge in [-0.25, -0.2) is 15.8 Å². The fraction of sp³-hybridized carbons (Fsp3) is 0.621. The van der Waals surface area contributed by atoms with Gasteiger partial charge < -0.3 is 36.2 Å². The zero-order chi connectivity index (χ0) is 32.3. The highest BCUT2D eigenvalue weighted by atomic mass is 32.2. The van der Waals surface area contributed by atoms with Gasteiger partial charge in [0, 0.05) is 55.8 Å². The molecule has 3 amide bonds. The van der Waals surface area contributed by atoms with Gasteiger partial charge in [-0.05, 0) is 53.7 Å². The Morgan fingerprint density at radius 2 is 1.77 bits per heavy atom. The Kier molecular flexibility index (Phi) is 17.3. The fourth-order valence-corrected chi connectivity index (χ4v) is 3.93. The molecular formula is C29H48N8O5S. The third kappa shape index (κ3) is 18.7. The second-order valence-corrected chi connectivity index (χ2v) is 11.8. The molecule has 14 heteroatoms. The summed E-state index contributed by atoms with van der Waals surface area (Å²) in [6.07, 6.45) is 8.90. The Morgan fingerprint density at radius 3 is 2.42 bits per heavy atom. The van der Waals surface area contributed by atoms with E-state index in [0.717, 1.165) is 5.56 Å². The molecule has 1 aromatic heterocycles. The summed E-state index contributed by atoms with van der Waals surface area (Å²) in [6, 6.07) is 0. The number of hydrogen-bond acceptors (Lipinski definition) is 11. The van der Waals surface area contributed by atoms with E-state index in [9.17, 15) is 14.4 Å². The number of aromatic nitrogens is 2. The van der Waals surface area contributed by atoms with E-state index in [-0.39, 0.29) is 37.5 Å². The summed E-state index contributed by atoms with van der Waals surface area (Å²) in [5.74, 6) is 11.4. The van der Waals surface area contributed by atoms with Gasteiger partial charge in [-0.1, -0.05) is 23.6 Å². The highest BCUT2D eigenvalue weighted by Crippen LogP contribution is 2.15. The first kappa shape index (κ1) is 37.6. The van der Waals surface area contributed by atoms with Crippen molar-refractivity contribution in [3.63, 3.8) is 0 Å². The van der Waals surface area contributed by atoms with Crippen LogP contribution < -0.4 is 27.5 Å². The Labute approximate surface area is 259 Å². The Morgan fingerprint density at radius 1 is 1.09 bits per heavy atom. The summed E-state index contributed by atoms with van der Waals surface area (Å²) in [5.41, 5.74) is 6.03. The maximum Gasteiger partial charge on any atom is 0.246 e. The second-order valence-electron chi connectivity index (χ2n) is 11.0. The number of ether oxygens (including phenoxy) is 2. The molecule has 13 nitrogen and oxygen atoms in total. The highest BCUT2D eigenvalue weighted by Gasteiger charge is 2.25. The number of nitrogens with one attached hydrogen (secondary N) is 3. The van der Waals surface area contributed by atoms with E-state index in [1.165, 1.54) is 16.8 Å². The van der Waals surface area contributed by atoms with Crippen LogP contribution in [0.1, 0.15) is 65.9 Å². The number of carbonyl (C=O) groups excluding carboxylic acids is 3. The summed E-state index contributed by atoms with van der Waals surface area (Å²) >= 11 is 1.47. The molecule has 1 aromatic rings. The van der Waals surface area contributed by atoms with E-state index in [1.807, 2.05) is 40.9 Å². The van der Waals surface area contributed by atoms with Gasteiger partial charge in [0.1, 0.15) is 13.2 Å². The lowest BCUT2D eigenvalue weighted by Gasteiger charge is -2.32. The quantitative estimate of drug-likeness (QED) is 0.0371. The zero-order valence-corrected chi connectivity index (χ0v) is 27.1. The lowest BCUT2D eigenvalue weighted by Crippen LogP contribution is -2.47. The average molecular weight is 621 g/mol. The lowest BCUT2D eigenvalue weighted by atomic mass is 10.0. The minimum Gasteiger partial charge on any atom is -0.399 e. The summed E-state index contributed by atoms with van der Waals surface area (Å²) in [6.45, 7) is 10.4. The largest absolute Gasteiger partial charge is 0.399 e. The van der Waals surface area contributed by atoms with Gasteiger partial charge in [0.15, 0.2) is 5.16 Å². The molecule has 1 rings (SSSR count). The van der Waals surface area contributed by atoms with Crippen molar-refractivity contribution < 1.29 is 23.9 Å². The molecular weight excluding hydrogens is 572 g/mol. The van der Waals surface area contributed by atoms with E-state index < -0.39 is 11.1 Å². The Balaban J connectivity index is 2.31. The predicted molar refractivity (Wildman–Crippen MR) is 167 cm³/mol. The van der Waals surface area contributed by atoms with Crippen LogP contribution in [0.4, 0.5) is 0 Å².